The number of pyridine rings is 1. The smallest absolute Gasteiger partial charge is 0.283 e. The second-order valence-corrected chi connectivity index (χ2v) is 7.33. The van der Waals surface area contributed by atoms with Crippen LogP contribution in [0.1, 0.15) is 17.1 Å². The lowest BCUT2D eigenvalue weighted by atomic mass is 10.3. The normalized spacial score (nSPS) is 12.2. The first-order chi connectivity index (χ1) is 14.1. The van der Waals surface area contributed by atoms with Gasteiger partial charge in [-0.3, -0.25) is 14.5 Å². The van der Waals surface area contributed by atoms with Crippen LogP contribution in [0.3, 0.4) is 0 Å². The van der Waals surface area contributed by atoms with Gasteiger partial charge in [-0.1, -0.05) is 24.3 Å². The number of rotatable bonds is 4. The molecule has 0 radical (unpaired) electrons. The number of aromatic nitrogens is 4. The number of thiazole rings is 1. The summed E-state index contributed by atoms with van der Waals surface area (Å²) < 4.78 is 5.16. The van der Waals surface area contributed by atoms with Gasteiger partial charge in [0.2, 0.25) is 4.80 Å². The molecule has 0 spiro atoms. The predicted molar refractivity (Wildman–Crippen MR) is 115 cm³/mol. The van der Waals surface area contributed by atoms with E-state index in [0.717, 1.165) is 22.8 Å². The standard InChI is InChI=1S/C21H20N6OS/c1-15-14-29-21(26(15)23-13-17-9-7-8-12-22-17)24-19-16(2)25(3)27(20(19)28)18-10-5-4-6-11-18/h4-14H,1-3H3. The molecule has 7 nitrogen and oxygen atoms in total. The van der Waals surface area contributed by atoms with Crippen molar-refractivity contribution in [1.82, 2.24) is 19.0 Å². The van der Waals surface area contributed by atoms with E-state index in [-0.39, 0.29) is 5.56 Å². The van der Waals surface area contributed by atoms with Gasteiger partial charge in [0.15, 0.2) is 5.69 Å². The molecule has 0 N–H and O–H groups in total. The summed E-state index contributed by atoms with van der Waals surface area (Å²) in [5.41, 5.74) is 3.50. The summed E-state index contributed by atoms with van der Waals surface area (Å²) in [4.78, 5) is 22.7. The van der Waals surface area contributed by atoms with Crippen LogP contribution in [-0.2, 0) is 7.05 Å². The molecule has 8 heteroatoms. The van der Waals surface area contributed by atoms with E-state index in [9.17, 15) is 4.79 Å². The van der Waals surface area contributed by atoms with Gasteiger partial charge in [-0.15, -0.1) is 11.3 Å². The Labute approximate surface area is 171 Å². The lowest BCUT2D eigenvalue weighted by Crippen LogP contribution is -2.19. The molecule has 0 aliphatic heterocycles. The van der Waals surface area contributed by atoms with E-state index in [1.54, 1.807) is 21.8 Å². The van der Waals surface area contributed by atoms with Crippen LogP contribution >= 0.6 is 11.3 Å². The van der Waals surface area contributed by atoms with Crippen LogP contribution in [0.5, 0.6) is 0 Å². The second-order valence-electron chi connectivity index (χ2n) is 6.49. The fourth-order valence-electron chi connectivity index (χ4n) is 2.95. The molecule has 0 amide bonds. The Morgan fingerprint density at radius 3 is 2.55 bits per heavy atom. The number of para-hydroxylation sites is 1. The summed E-state index contributed by atoms with van der Waals surface area (Å²) in [6.07, 6.45) is 3.40. The van der Waals surface area contributed by atoms with E-state index in [2.05, 4.69) is 15.1 Å². The topological polar surface area (TPSA) is 69.5 Å². The van der Waals surface area contributed by atoms with E-state index in [1.165, 1.54) is 11.3 Å². The number of benzene rings is 1. The van der Waals surface area contributed by atoms with E-state index in [1.807, 2.05) is 79.5 Å². The minimum Gasteiger partial charge on any atom is -0.283 e. The van der Waals surface area contributed by atoms with Crippen LogP contribution in [0.25, 0.3) is 5.69 Å². The Hall–Kier alpha value is -3.52. The summed E-state index contributed by atoms with van der Waals surface area (Å²) in [7, 11) is 1.86. The summed E-state index contributed by atoms with van der Waals surface area (Å²) in [6, 6.07) is 15.2. The lowest BCUT2D eigenvalue weighted by Gasteiger charge is -2.07. The third-order valence-electron chi connectivity index (χ3n) is 4.57. The third kappa shape index (κ3) is 3.62. The van der Waals surface area contributed by atoms with Gasteiger partial charge in [0.1, 0.15) is 0 Å². The van der Waals surface area contributed by atoms with E-state index in [4.69, 9.17) is 0 Å². The summed E-state index contributed by atoms with van der Waals surface area (Å²) in [5.74, 6) is 0. The van der Waals surface area contributed by atoms with Crippen molar-refractivity contribution in [3.8, 4) is 5.69 Å². The summed E-state index contributed by atoms with van der Waals surface area (Å²) in [6.45, 7) is 3.84. The second kappa shape index (κ2) is 7.84. The first kappa shape index (κ1) is 18.8. The van der Waals surface area contributed by atoms with Crippen molar-refractivity contribution in [3.63, 3.8) is 0 Å². The Morgan fingerprint density at radius 1 is 1.07 bits per heavy atom. The molecule has 4 aromatic rings. The molecular formula is C21H20N6OS. The average Bonchev–Trinajstić information content (AvgIpc) is 3.20. The Balaban J connectivity index is 1.83. The van der Waals surface area contributed by atoms with Crippen molar-refractivity contribution >= 4 is 23.2 Å². The number of hydrogen-bond acceptors (Lipinski definition) is 5. The lowest BCUT2D eigenvalue weighted by molar-refractivity contribution is 0.630. The van der Waals surface area contributed by atoms with Gasteiger partial charge >= 0.3 is 0 Å². The molecule has 0 atom stereocenters. The van der Waals surface area contributed by atoms with Crippen LogP contribution < -0.4 is 10.4 Å². The Morgan fingerprint density at radius 2 is 1.83 bits per heavy atom. The van der Waals surface area contributed by atoms with Crippen LogP contribution in [0.4, 0.5) is 5.69 Å². The van der Waals surface area contributed by atoms with Crippen LogP contribution in [0, 0.1) is 13.8 Å². The van der Waals surface area contributed by atoms with Crippen molar-refractivity contribution in [2.24, 2.45) is 17.1 Å². The maximum atomic E-state index is 13.1. The van der Waals surface area contributed by atoms with Gasteiger partial charge < -0.3 is 0 Å². The third-order valence-corrected chi connectivity index (χ3v) is 5.51. The molecule has 0 bridgehead atoms. The van der Waals surface area contributed by atoms with E-state index in [0.29, 0.717) is 10.5 Å². The first-order valence-corrected chi connectivity index (χ1v) is 9.95. The maximum Gasteiger partial charge on any atom is 0.297 e. The minimum atomic E-state index is -0.164. The largest absolute Gasteiger partial charge is 0.297 e. The number of aryl methyl sites for hydroxylation is 1. The fraction of sp³-hybridized carbons (Fsp3) is 0.143. The Kier molecular flexibility index (Phi) is 5.09. The summed E-state index contributed by atoms with van der Waals surface area (Å²) in [5, 5.41) is 6.47. The molecule has 1 aromatic carbocycles. The van der Waals surface area contributed by atoms with Crippen molar-refractivity contribution < 1.29 is 0 Å². The zero-order valence-corrected chi connectivity index (χ0v) is 17.2. The van der Waals surface area contributed by atoms with Gasteiger partial charge in [0.25, 0.3) is 5.56 Å². The highest BCUT2D eigenvalue weighted by Gasteiger charge is 2.16. The molecular weight excluding hydrogens is 384 g/mol. The van der Waals surface area contributed by atoms with Crippen molar-refractivity contribution in [2.45, 2.75) is 13.8 Å². The van der Waals surface area contributed by atoms with Crippen molar-refractivity contribution in [1.29, 1.82) is 0 Å². The fourth-order valence-corrected chi connectivity index (χ4v) is 3.76. The van der Waals surface area contributed by atoms with Crippen LogP contribution in [0.2, 0.25) is 0 Å². The van der Waals surface area contributed by atoms with Gasteiger partial charge in [-0.2, -0.15) is 5.10 Å². The number of nitrogens with zero attached hydrogens (tertiary/aromatic N) is 6. The van der Waals surface area contributed by atoms with Gasteiger partial charge in [0.05, 0.1) is 29.0 Å². The molecule has 146 valence electrons. The molecule has 3 aromatic heterocycles. The maximum absolute atomic E-state index is 13.1. The van der Waals surface area contributed by atoms with E-state index < -0.39 is 0 Å². The predicted octanol–water partition coefficient (Wildman–Crippen LogP) is 3.17. The highest BCUT2D eigenvalue weighted by Crippen LogP contribution is 2.16. The van der Waals surface area contributed by atoms with E-state index >= 15 is 0 Å². The van der Waals surface area contributed by atoms with Gasteiger partial charge in [0, 0.05) is 18.6 Å². The highest BCUT2D eigenvalue weighted by atomic mass is 32.1. The first-order valence-electron chi connectivity index (χ1n) is 9.07. The minimum absolute atomic E-state index is 0.164. The van der Waals surface area contributed by atoms with Crippen molar-refractivity contribution in [3.05, 3.63) is 92.3 Å². The number of hydrogen-bond donors (Lipinski definition) is 0. The molecule has 0 fully saturated rings. The summed E-state index contributed by atoms with van der Waals surface area (Å²) >= 11 is 1.44. The molecule has 0 saturated carbocycles. The average molecular weight is 404 g/mol. The zero-order valence-electron chi connectivity index (χ0n) is 16.4. The Bertz CT molecular complexity index is 1290. The van der Waals surface area contributed by atoms with Crippen molar-refractivity contribution in [2.75, 3.05) is 0 Å². The van der Waals surface area contributed by atoms with Gasteiger partial charge in [-0.05, 0) is 38.1 Å². The molecule has 0 unspecified atom stereocenters. The molecule has 3 heterocycles. The van der Waals surface area contributed by atoms with Crippen LogP contribution in [-0.4, -0.2) is 25.2 Å². The molecule has 0 saturated heterocycles. The SMILES string of the molecule is Cc1csc(=Nc2c(C)n(C)n(-c3ccccc3)c2=O)n1N=Cc1ccccn1. The molecule has 29 heavy (non-hydrogen) atoms. The molecule has 0 aliphatic carbocycles. The monoisotopic (exact) mass is 404 g/mol. The van der Waals surface area contributed by atoms with Crippen LogP contribution in [0.15, 0.2) is 75.0 Å². The molecule has 4 rings (SSSR count). The molecule has 0 aliphatic rings. The zero-order chi connectivity index (χ0) is 20.4. The highest BCUT2D eigenvalue weighted by molar-refractivity contribution is 7.07. The van der Waals surface area contributed by atoms with Gasteiger partial charge in [-0.25, -0.2) is 14.4 Å². The quantitative estimate of drug-likeness (QED) is 0.490.